The first-order valence-electron chi connectivity index (χ1n) is 5.26. The van der Waals surface area contributed by atoms with Crippen LogP contribution in [-0.4, -0.2) is 9.97 Å². The van der Waals surface area contributed by atoms with E-state index in [-0.39, 0.29) is 22.6 Å². The number of rotatable bonds is 1. The summed E-state index contributed by atoms with van der Waals surface area (Å²) < 4.78 is 38.2. The molecule has 18 heavy (non-hydrogen) atoms. The maximum atomic E-state index is 12.7. The molecule has 0 atom stereocenters. The van der Waals surface area contributed by atoms with Crippen LogP contribution in [0.2, 0.25) is 5.02 Å². The number of hydrogen-bond acceptors (Lipinski definition) is 2. The zero-order valence-electron chi connectivity index (χ0n) is 9.69. The molecule has 0 bridgehead atoms. The van der Waals surface area contributed by atoms with Gasteiger partial charge in [0.1, 0.15) is 11.3 Å². The Kier molecular flexibility index (Phi) is 2.93. The highest BCUT2D eigenvalue weighted by molar-refractivity contribution is 6.35. The van der Waals surface area contributed by atoms with Gasteiger partial charge in [-0.1, -0.05) is 25.4 Å². The Bertz CT molecular complexity index is 602. The van der Waals surface area contributed by atoms with Crippen LogP contribution < -0.4 is 5.73 Å². The number of aromatic amines is 1. The second-order valence-electron chi connectivity index (χ2n) is 4.32. The number of nitrogen functional groups attached to an aromatic ring is 1. The van der Waals surface area contributed by atoms with E-state index in [4.69, 9.17) is 17.3 Å². The van der Waals surface area contributed by atoms with Gasteiger partial charge < -0.3 is 10.7 Å². The number of nitrogens with zero attached hydrogens (tertiary/aromatic N) is 1. The minimum Gasteiger partial charge on any atom is -0.396 e. The number of H-pyrrole nitrogens is 1. The molecule has 1 aromatic heterocycles. The summed E-state index contributed by atoms with van der Waals surface area (Å²) in [5.41, 5.74) is 5.03. The maximum absolute atomic E-state index is 12.7. The van der Waals surface area contributed by atoms with E-state index in [0.717, 1.165) is 6.07 Å². The van der Waals surface area contributed by atoms with Gasteiger partial charge in [0, 0.05) is 5.92 Å². The molecule has 3 nitrogen and oxygen atoms in total. The molecule has 0 saturated heterocycles. The second-order valence-corrected chi connectivity index (χ2v) is 4.70. The highest BCUT2D eigenvalue weighted by atomic mass is 35.5. The molecule has 0 aliphatic heterocycles. The molecule has 98 valence electrons. The van der Waals surface area contributed by atoms with E-state index in [1.54, 1.807) is 0 Å². The zero-order valence-corrected chi connectivity index (χ0v) is 10.4. The largest absolute Gasteiger partial charge is 0.417 e. The summed E-state index contributed by atoms with van der Waals surface area (Å²) >= 11 is 5.65. The predicted molar refractivity (Wildman–Crippen MR) is 64.6 cm³/mol. The number of anilines is 1. The molecule has 0 aliphatic rings. The lowest BCUT2D eigenvalue weighted by Crippen LogP contribution is -2.07. The normalized spacial score (nSPS) is 12.6. The highest BCUT2D eigenvalue weighted by Crippen LogP contribution is 2.40. The average molecular weight is 278 g/mol. The van der Waals surface area contributed by atoms with Gasteiger partial charge >= 0.3 is 6.18 Å². The minimum absolute atomic E-state index is 0.0601. The van der Waals surface area contributed by atoms with Gasteiger partial charge in [0.25, 0.3) is 0 Å². The Morgan fingerprint density at radius 3 is 2.50 bits per heavy atom. The average Bonchev–Trinajstić information content (AvgIpc) is 2.65. The molecule has 1 aromatic carbocycles. The lowest BCUT2D eigenvalue weighted by molar-refractivity contribution is -0.137. The van der Waals surface area contributed by atoms with Crippen molar-refractivity contribution in [2.24, 2.45) is 0 Å². The number of nitrogens with one attached hydrogen (secondary N) is 1. The van der Waals surface area contributed by atoms with Crippen molar-refractivity contribution in [3.8, 4) is 0 Å². The van der Waals surface area contributed by atoms with Crippen LogP contribution in [0.5, 0.6) is 0 Å². The fourth-order valence-corrected chi connectivity index (χ4v) is 1.90. The van der Waals surface area contributed by atoms with Crippen LogP contribution in [0, 0.1) is 0 Å². The Labute approximate surface area is 106 Å². The molecule has 0 fully saturated rings. The number of benzene rings is 1. The van der Waals surface area contributed by atoms with Crippen molar-refractivity contribution in [1.82, 2.24) is 9.97 Å². The highest BCUT2D eigenvalue weighted by Gasteiger charge is 2.35. The van der Waals surface area contributed by atoms with Crippen LogP contribution in [0.1, 0.15) is 31.2 Å². The third kappa shape index (κ3) is 2.01. The molecular formula is C11H11ClF3N3. The molecule has 7 heteroatoms. The Morgan fingerprint density at radius 2 is 2.00 bits per heavy atom. The molecule has 2 aromatic rings. The summed E-state index contributed by atoms with van der Waals surface area (Å²) in [6.45, 7) is 3.75. The van der Waals surface area contributed by atoms with E-state index in [2.05, 4.69) is 9.97 Å². The van der Waals surface area contributed by atoms with Crippen LogP contribution >= 0.6 is 11.6 Å². The van der Waals surface area contributed by atoms with Crippen LogP contribution in [0.3, 0.4) is 0 Å². The number of hydrogen-bond donors (Lipinski definition) is 2. The molecule has 0 unspecified atom stereocenters. The Hall–Kier alpha value is -1.43. The van der Waals surface area contributed by atoms with E-state index in [9.17, 15) is 13.2 Å². The smallest absolute Gasteiger partial charge is 0.396 e. The monoisotopic (exact) mass is 277 g/mol. The van der Waals surface area contributed by atoms with E-state index in [1.165, 1.54) is 0 Å². The van der Waals surface area contributed by atoms with Crippen LogP contribution in [0.15, 0.2) is 6.07 Å². The number of nitrogens with two attached hydrogens (primary N) is 1. The maximum Gasteiger partial charge on any atom is 0.417 e. The number of aromatic nitrogens is 2. The summed E-state index contributed by atoms with van der Waals surface area (Å²) in [4.78, 5) is 6.99. The van der Waals surface area contributed by atoms with Gasteiger partial charge in [0.05, 0.1) is 21.8 Å². The molecule has 0 aliphatic carbocycles. The van der Waals surface area contributed by atoms with Gasteiger partial charge in [0.15, 0.2) is 0 Å². The summed E-state index contributed by atoms with van der Waals surface area (Å²) in [5, 5.41) is -0.503. The van der Waals surface area contributed by atoms with Crippen molar-refractivity contribution in [2.45, 2.75) is 25.9 Å². The van der Waals surface area contributed by atoms with Crippen molar-refractivity contribution >= 4 is 28.3 Å². The Balaban J connectivity index is 2.76. The van der Waals surface area contributed by atoms with E-state index in [0.29, 0.717) is 5.82 Å². The fraction of sp³-hybridized carbons (Fsp3) is 0.364. The fourth-order valence-electron chi connectivity index (χ4n) is 1.65. The summed E-state index contributed by atoms with van der Waals surface area (Å²) in [6, 6.07) is 0.937. The van der Waals surface area contributed by atoms with Crippen molar-refractivity contribution < 1.29 is 13.2 Å². The van der Waals surface area contributed by atoms with Crippen LogP contribution in [0.25, 0.3) is 11.0 Å². The van der Waals surface area contributed by atoms with Crippen molar-refractivity contribution in [3.63, 3.8) is 0 Å². The topological polar surface area (TPSA) is 54.7 Å². The van der Waals surface area contributed by atoms with Crippen molar-refractivity contribution in [2.75, 3.05) is 5.73 Å². The zero-order chi connectivity index (χ0) is 13.7. The molecule has 1 heterocycles. The molecule has 2 rings (SSSR count). The van der Waals surface area contributed by atoms with Crippen LogP contribution in [0.4, 0.5) is 18.9 Å². The SMILES string of the molecule is CC(C)c1nc2c(N)c(Cl)c(C(F)(F)F)cc2[nH]1. The summed E-state index contributed by atoms with van der Waals surface area (Å²) in [5.74, 6) is 0.636. The quantitative estimate of drug-likeness (QED) is 0.776. The molecule has 0 spiro atoms. The van der Waals surface area contributed by atoms with Crippen molar-refractivity contribution in [3.05, 3.63) is 22.5 Å². The first-order valence-corrected chi connectivity index (χ1v) is 5.64. The Morgan fingerprint density at radius 1 is 1.39 bits per heavy atom. The summed E-state index contributed by atoms with van der Waals surface area (Å²) in [7, 11) is 0. The standard InChI is InChI=1S/C11H11ClF3N3/c1-4(2)10-17-6-3-5(11(13,14)15)7(12)8(16)9(6)18-10/h3-4H,16H2,1-2H3,(H,17,18). The molecule has 3 N–H and O–H groups in total. The first-order chi connectivity index (χ1) is 8.21. The minimum atomic E-state index is -4.54. The second kappa shape index (κ2) is 4.05. The number of fused-ring (bicyclic) bond motifs is 1. The van der Waals surface area contributed by atoms with Gasteiger partial charge in [-0.05, 0) is 6.07 Å². The number of alkyl halides is 3. The first kappa shape index (κ1) is 13.0. The van der Waals surface area contributed by atoms with Gasteiger partial charge in [-0.25, -0.2) is 4.98 Å². The van der Waals surface area contributed by atoms with Gasteiger partial charge in [0.2, 0.25) is 0 Å². The lowest BCUT2D eigenvalue weighted by Gasteiger charge is -2.10. The molecule has 0 radical (unpaired) electrons. The third-order valence-corrected chi connectivity index (χ3v) is 3.03. The summed E-state index contributed by atoms with van der Waals surface area (Å²) in [6.07, 6.45) is -4.54. The van der Waals surface area contributed by atoms with E-state index < -0.39 is 16.8 Å². The lowest BCUT2D eigenvalue weighted by atomic mass is 10.1. The molecule has 0 amide bonds. The third-order valence-electron chi connectivity index (χ3n) is 2.62. The number of imidazole rings is 1. The molecular weight excluding hydrogens is 267 g/mol. The van der Waals surface area contributed by atoms with E-state index in [1.807, 2.05) is 13.8 Å². The molecule has 0 saturated carbocycles. The van der Waals surface area contributed by atoms with Gasteiger partial charge in [-0.2, -0.15) is 13.2 Å². The van der Waals surface area contributed by atoms with E-state index >= 15 is 0 Å². The van der Waals surface area contributed by atoms with Gasteiger partial charge in [-0.15, -0.1) is 0 Å². The predicted octanol–water partition coefficient (Wildman–Crippen LogP) is 3.94. The van der Waals surface area contributed by atoms with Gasteiger partial charge in [-0.3, -0.25) is 0 Å². The number of halogens is 4. The van der Waals surface area contributed by atoms with Crippen molar-refractivity contribution in [1.29, 1.82) is 0 Å². The van der Waals surface area contributed by atoms with Crippen LogP contribution in [-0.2, 0) is 6.18 Å².